The van der Waals surface area contributed by atoms with Crippen LogP contribution in [0.3, 0.4) is 0 Å². The highest BCUT2D eigenvalue weighted by Crippen LogP contribution is 2.34. The zero-order chi connectivity index (χ0) is 22.1. The molecule has 3 aromatic carbocycles. The summed E-state index contributed by atoms with van der Waals surface area (Å²) in [5, 5.41) is 11.8. The van der Waals surface area contributed by atoms with Crippen LogP contribution in [-0.4, -0.2) is 33.9 Å². The molecule has 5 rings (SSSR count). The van der Waals surface area contributed by atoms with Crippen molar-refractivity contribution in [3.05, 3.63) is 83.4 Å². The minimum absolute atomic E-state index is 0.00818. The molecule has 32 heavy (non-hydrogen) atoms. The first-order valence-corrected chi connectivity index (χ1v) is 11.1. The molecule has 1 saturated heterocycles. The van der Waals surface area contributed by atoms with Gasteiger partial charge in [0, 0.05) is 35.0 Å². The number of fused-ring (bicyclic) bond motifs is 1. The van der Waals surface area contributed by atoms with E-state index in [9.17, 15) is 9.90 Å². The fourth-order valence-corrected chi connectivity index (χ4v) is 4.47. The van der Waals surface area contributed by atoms with Crippen molar-refractivity contribution >= 4 is 34.1 Å². The normalized spacial score (nSPS) is 14.6. The van der Waals surface area contributed by atoms with E-state index in [4.69, 9.17) is 16.6 Å². The molecule has 160 valence electrons. The third-order valence-electron chi connectivity index (χ3n) is 6.01. The second-order valence-corrected chi connectivity index (χ2v) is 8.48. The summed E-state index contributed by atoms with van der Waals surface area (Å²) in [6.07, 6.45) is 1.53. The lowest BCUT2D eigenvalue weighted by Gasteiger charge is -2.33. The molecule has 1 aliphatic rings. The molecular weight excluding hydrogens is 422 g/mol. The standard InChI is InChI=1S/C26H22ClN3O2/c27-19-10-11-20-22(16-19)28-25(21-8-4-5-9-23(21)31)29-26(20)30-14-12-18(13-15-30)24(32)17-6-2-1-3-7-17/h1-11,16,18,31H,12-15H2. The Labute approximate surface area is 191 Å². The van der Waals surface area contributed by atoms with Crippen molar-refractivity contribution in [3.8, 4) is 17.1 Å². The Morgan fingerprint density at radius 1 is 0.938 bits per heavy atom. The number of rotatable bonds is 4. The number of phenolic OH excluding ortho intramolecular Hbond substituents is 1. The number of piperidine rings is 1. The molecule has 0 radical (unpaired) electrons. The molecule has 1 aromatic heterocycles. The molecule has 1 fully saturated rings. The number of aromatic nitrogens is 2. The minimum Gasteiger partial charge on any atom is -0.507 e. The number of benzene rings is 3. The predicted molar refractivity (Wildman–Crippen MR) is 127 cm³/mol. The molecule has 0 spiro atoms. The van der Waals surface area contributed by atoms with E-state index in [0.717, 1.165) is 48.2 Å². The highest BCUT2D eigenvalue weighted by molar-refractivity contribution is 6.31. The fraction of sp³-hybridized carbons (Fsp3) is 0.192. The number of nitrogens with zero attached hydrogens (tertiary/aromatic N) is 3. The summed E-state index contributed by atoms with van der Waals surface area (Å²) < 4.78 is 0. The number of anilines is 1. The molecule has 4 aromatic rings. The molecular formula is C26H22ClN3O2. The highest BCUT2D eigenvalue weighted by Gasteiger charge is 2.27. The van der Waals surface area contributed by atoms with E-state index in [-0.39, 0.29) is 17.5 Å². The largest absolute Gasteiger partial charge is 0.507 e. The molecule has 0 atom stereocenters. The number of para-hydroxylation sites is 1. The van der Waals surface area contributed by atoms with Crippen LogP contribution in [0.25, 0.3) is 22.3 Å². The van der Waals surface area contributed by atoms with Crippen LogP contribution in [-0.2, 0) is 0 Å². The van der Waals surface area contributed by atoms with Crippen molar-refractivity contribution in [2.45, 2.75) is 12.8 Å². The summed E-state index contributed by atoms with van der Waals surface area (Å²) in [6, 6.07) is 22.1. The van der Waals surface area contributed by atoms with Gasteiger partial charge in [0.25, 0.3) is 0 Å². The number of hydrogen-bond donors (Lipinski definition) is 1. The second-order valence-electron chi connectivity index (χ2n) is 8.04. The van der Waals surface area contributed by atoms with Crippen molar-refractivity contribution < 1.29 is 9.90 Å². The lowest BCUT2D eigenvalue weighted by atomic mass is 9.89. The summed E-state index contributed by atoms with van der Waals surface area (Å²) in [6.45, 7) is 1.44. The Bertz CT molecular complexity index is 1290. The third-order valence-corrected chi connectivity index (χ3v) is 6.24. The number of halogens is 1. The van der Waals surface area contributed by atoms with Crippen LogP contribution >= 0.6 is 11.6 Å². The average Bonchev–Trinajstić information content (AvgIpc) is 2.83. The van der Waals surface area contributed by atoms with E-state index in [2.05, 4.69) is 9.88 Å². The maximum atomic E-state index is 12.9. The van der Waals surface area contributed by atoms with Gasteiger partial charge in [0.15, 0.2) is 11.6 Å². The Morgan fingerprint density at radius 3 is 2.41 bits per heavy atom. The summed E-state index contributed by atoms with van der Waals surface area (Å²) in [4.78, 5) is 24.6. The summed E-state index contributed by atoms with van der Waals surface area (Å²) >= 11 is 6.24. The molecule has 0 aliphatic carbocycles. The maximum absolute atomic E-state index is 12.9. The zero-order valence-corrected chi connectivity index (χ0v) is 18.2. The van der Waals surface area contributed by atoms with E-state index in [1.807, 2.05) is 54.6 Å². The number of carbonyl (C=O) groups excluding carboxylic acids is 1. The SMILES string of the molecule is O=C(c1ccccc1)C1CCN(c2nc(-c3ccccc3O)nc3cc(Cl)ccc23)CC1. The first kappa shape index (κ1) is 20.5. The van der Waals surface area contributed by atoms with Crippen LogP contribution in [0.4, 0.5) is 5.82 Å². The van der Waals surface area contributed by atoms with E-state index in [0.29, 0.717) is 16.4 Å². The van der Waals surface area contributed by atoms with Gasteiger partial charge in [0.2, 0.25) is 0 Å². The van der Waals surface area contributed by atoms with Gasteiger partial charge in [-0.25, -0.2) is 9.97 Å². The van der Waals surface area contributed by atoms with Gasteiger partial charge in [-0.2, -0.15) is 0 Å². The van der Waals surface area contributed by atoms with Gasteiger partial charge in [-0.1, -0.05) is 54.1 Å². The smallest absolute Gasteiger partial charge is 0.166 e. The van der Waals surface area contributed by atoms with E-state index >= 15 is 0 Å². The number of aromatic hydroxyl groups is 1. The second kappa shape index (κ2) is 8.60. The third kappa shape index (κ3) is 3.92. The molecule has 2 heterocycles. The molecule has 0 bridgehead atoms. The molecule has 5 nitrogen and oxygen atoms in total. The summed E-state index contributed by atoms with van der Waals surface area (Å²) in [5.74, 6) is 1.60. The predicted octanol–water partition coefficient (Wildman–Crippen LogP) is 5.76. The van der Waals surface area contributed by atoms with Gasteiger partial charge in [0.05, 0.1) is 11.1 Å². The van der Waals surface area contributed by atoms with Crippen molar-refractivity contribution in [1.29, 1.82) is 0 Å². The molecule has 1 N–H and O–H groups in total. The summed E-state index contributed by atoms with van der Waals surface area (Å²) in [5.41, 5.74) is 2.07. The van der Waals surface area contributed by atoms with Gasteiger partial charge in [0.1, 0.15) is 11.6 Å². The number of carbonyl (C=O) groups is 1. The Kier molecular flexibility index (Phi) is 5.50. The minimum atomic E-state index is 0.00818. The first-order chi connectivity index (χ1) is 15.6. The van der Waals surface area contributed by atoms with Crippen LogP contribution in [0, 0.1) is 5.92 Å². The number of ketones is 1. The lowest BCUT2D eigenvalue weighted by Crippen LogP contribution is -2.37. The van der Waals surface area contributed by atoms with Crippen molar-refractivity contribution in [3.63, 3.8) is 0 Å². The van der Waals surface area contributed by atoms with Crippen LogP contribution in [0.2, 0.25) is 5.02 Å². The molecule has 0 unspecified atom stereocenters. The topological polar surface area (TPSA) is 66.3 Å². The van der Waals surface area contributed by atoms with Gasteiger partial charge in [-0.05, 0) is 43.2 Å². The lowest BCUT2D eigenvalue weighted by molar-refractivity contribution is 0.0900. The van der Waals surface area contributed by atoms with Gasteiger partial charge in [-0.3, -0.25) is 4.79 Å². The maximum Gasteiger partial charge on any atom is 0.166 e. The molecule has 0 saturated carbocycles. The quantitative estimate of drug-likeness (QED) is 0.406. The number of Topliss-reactive ketones (excluding diaryl/α,β-unsaturated/α-hetero) is 1. The van der Waals surface area contributed by atoms with Crippen molar-refractivity contribution in [2.75, 3.05) is 18.0 Å². The first-order valence-electron chi connectivity index (χ1n) is 10.7. The van der Waals surface area contributed by atoms with Crippen molar-refractivity contribution in [1.82, 2.24) is 9.97 Å². The van der Waals surface area contributed by atoms with E-state index in [1.54, 1.807) is 18.2 Å². The molecule has 1 aliphatic heterocycles. The Hall–Kier alpha value is -3.44. The fourth-order valence-electron chi connectivity index (χ4n) is 4.30. The van der Waals surface area contributed by atoms with Crippen LogP contribution in [0.5, 0.6) is 5.75 Å². The Balaban J connectivity index is 1.48. The monoisotopic (exact) mass is 443 g/mol. The number of phenols is 1. The molecule has 0 amide bonds. The highest BCUT2D eigenvalue weighted by atomic mass is 35.5. The zero-order valence-electron chi connectivity index (χ0n) is 17.4. The van der Waals surface area contributed by atoms with Crippen LogP contribution in [0.15, 0.2) is 72.8 Å². The van der Waals surface area contributed by atoms with Gasteiger partial charge in [-0.15, -0.1) is 0 Å². The van der Waals surface area contributed by atoms with Gasteiger partial charge >= 0.3 is 0 Å². The number of hydrogen-bond acceptors (Lipinski definition) is 5. The van der Waals surface area contributed by atoms with Crippen LogP contribution in [0.1, 0.15) is 23.2 Å². The van der Waals surface area contributed by atoms with Crippen LogP contribution < -0.4 is 4.90 Å². The van der Waals surface area contributed by atoms with Crippen molar-refractivity contribution in [2.24, 2.45) is 5.92 Å². The van der Waals surface area contributed by atoms with E-state index in [1.165, 1.54) is 0 Å². The summed E-state index contributed by atoms with van der Waals surface area (Å²) in [7, 11) is 0. The average molecular weight is 444 g/mol. The molecule has 6 heteroatoms. The Morgan fingerprint density at radius 2 is 1.66 bits per heavy atom. The van der Waals surface area contributed by atoms with Gasteiger partial charge < -0.3 is 10.0 Å². The van der Waals surface area contributed by atoms with E-state index < -0.39 is 0 Å².